The highest BCUT2D eigenvalue weighted by atomic mass is 16.5. The summed E-state index contributed by atoms with van der Waals surface area (Å²) >= 11 is 0. The highest BCUT2D eigenvalue weighted by molar-refractivity contribution is 5.69. The number of unbranched alkanes of at least 4 members (excludes halogenated alkanes) is 2. The maximum Gasteiger partial charge on any atom is 0.305 e. The first-order chi connectivity index (χ1) is 12.7. The molecule has 0 aliphatic carbocycles. The summed E-state index contributed by atoms with van der Waals surface area (Å²) in [5.74, 6) is 0.645. The quantitative estimate of drug-likeness (QED) is 0.272. The number of carbonyl (C=O) groups is 1. The van der Waals surface area contributed by atoms with Gasteiger partial charge in [0.15, 0.2) is 0 Å². The molecule has 4 nitrogen and oxygen atoms in total. The van der Waals surface area contributed by atoms with Crippen LogP contribution in [-0.4, -0.2) is 25.2 Å². The second-order valence-corrected chi connectivity index (χ2v) is 6.55. The Balaban J connectivity index is 2.43. The first-order valence-corrected chi connectivity index (χ1v) is 9.91. The van der Waals surface area contributed by atoms with Crippen LogP contribution in [0.4, 0.5) is 0 Å². The molecule has 1 aromatic rings. The van der Waals surface area contributed by atoms with E-state index in [4.69, 9.17) is 9.47 Å². The molecule has 26 heavy (non-hydrogen) atoms. The number of hydrogen-bond donors (Lipinski definition) is 1. The average Bonchev–Trinajstić information content (AvgIpc) is 2.65. The van der Waals surface area contributed by atoms with E-state index in [-0.39, 0.29) is 12.0 Å². The average molecular weight is 362 g/mol. The van der Waals surface area contributed by atoms with Crippen LogP contribution in [0.15, 0.2) is 42.7 Å². The van der Waals surface area contributed by atoms with Crippen molar-refractivity contribution in [1.82, 2.24) is 5.32 Å². The van der Waals surface area contributed by atoms with Gasteiger partial charge in [0.05, 0.1) is 19.3 Å². The Bertz CT molecular complexity index is 501. The molecule has 0 amide bonds. The summed E-state index contributed by atoms with van der Waals surface area (Å²) in [7, 11) is 0. The molecular formula is C22H35NO3. The topological polar surface area (TPSA) is 47.6 Å². The molecule has 0 bridgehead atoms. The van der Waals surface area contributed by atoms with Gasteiger partial charge in [-0.05, 0) is 31.2 Å². The molecule has 4 heteroatoms. The van der Waals surface area contributed by atoms with Gasteiger partial charge in [0.2, 0.25) is 0 Å². The Morgan fingerprint density at radius 2 is 1.69 bits per heavy atom. The number of nitrogens with one attached hydrogen (secondary N) is 1. The van der Waals surface area contributed by atoms with Crippen LogP contribution >= 0.6 is 0 Å². The van der Waals surface area contributed by atoms with E-state index in [0.29, 0.717) is 19.6 Å². The zero-order chi connectivity index (χ0) is 19.0. The summed E-state index contributed by atoms with van der Waals surface area (Å²) in [5.41, 5.74) is 1.22. The molecule has 0 heterocycles. The van der Waals surface area contributed by atoms with Gasteiger partial charge in [-0.15, -0.1) is 0 Å². The van der Waals surface area contributed by atoms with Crippen molar-refractivity contribution in [3.05, 3.63) is 48.2 Å². The minimum Gasteiger partial charge on any atom is -0.497 e. The monoisotopic (exact) mass is 361 g/mol. The van der Waals surface area contributed by atoms with Crippen molar-refractivity contribution in [3.8, 4) is 0 Å². The van der Waals surface area contributed by atoms with E-state index in [1.54, 1.807) is 0 Å². The van der Waals surface area contributed by atoms with E-state index >= 15 is 0 Å². The molecule has 1 atom stereocenters. The van der Waals surface area contributed by atoms with E-state index in [9.17, 15) is 4.79 Å². The van der Waals surface area contributed by atoms with Gasteiger partial charge in [0.1, 0.15) is 5.76 Å². The molecule has 1 aromatic carbocycles. The third kappa shape index (κ3) is 10.2. The van der Waals surface area contributed by atoms with E-state index in [0.717, 1.165) is 50.8 Å². The lowest BCUT2D eigenvalue weighted by atomic mass is 10.1. The van der Waals surface area contributed by atoms with Crippen molar-refractivity contribution in [1.29, 1.82) is 0 Å². The van der Waals surface area contributed by atoms with Gasteiger partial charge in [-0.2, -0.15) is 0 Å². The lowest BCUT2D eigenvalue weighted by molar-refractivity contribution is -0.143. The second-order valence-electron chi connectivity index (χ2n) is 6.55. The third-order valence-corrected chi connectivity index (χ3v) is 4.20. The van der Waals surface area contributed by atoms with Gasteiger partial charge in [0.25, 0.3) is 0 Å². The van der Waals surface area contributed by atoms with Crippen LogP contribution in [0, 0.1) is 0 Å². The summed E-state index contributed by atoms with van der Waals surface area (Å²) in [6.07, 6.45) is 6.08. The van der Waals surface area contributed by atoms with Crippen LogP contribution in [-0.2, 0) is 20.8 Å². The van der Waals surface area contributed by atoms with Crippen LogP contribution in [0.25, 0.3) is 0 Å². The smallest absolute Gasteiger partial charge is 0.305 e. The highest BCUT2D eigenvalue weighted by Gasteiger charge is 2.15. The van der Waals surface area contributed by atoms with Crippen LogP contribution in [0.3, 0.4) is 0 Å². The van der Waals surface area contributed by atoms with Crippen LogP contribution in [0.2, 0.25) is 0 Å². The first kappa shape index (κ1) is 22.2. The first-order valence-electron chi connectivity index (χ1n) is 9.91. The van der Waals surface area contributed by atoms with Crippen LogP contribution in [0.5, 0.6) is 0 Å². The molecule has 0 aromatic heterocycles. The van der Waals surface area contributed by atoms with E-state index in [1.807, 2.05) is 18.2 Å². The minimum atomic E-state index is -0.113. The number of hydrogen-bond acceptors (Lipinski definition) is 4. The van der Waals surface area contributed by atoms with Crippen molar-refractivity contribution >= 4 is 5.97 Å². The van der Waals surface area contributed by atoms with Gasteiger partial charge in [-0.1, -0.05) is 63.6 Å². The normalized spacial score (nSPS) is 11.8. The largest absolute Gasteiger partial charge is 0.497 e. The molecule has 1 N–H and O–H groups in total. The Morgan fingerprint density at radius 3 is 2.35 bits per heavy atom. The molecule has 0 aliphatic heterocycles. The van der Waals surface area contributed by atoms with Gasteiger partial charge in [-0.25, -0.2) is 0 Å². The fourth-order valence-corrected chi connectivity index (χ4v) is 2.52. The van der Waals surface area contributed by atoms with Gasteiger partial charge in [0, 0.05) is 13.0 Å². The van der Waals surface area contributed by atoms with Gasteiger partial charge >= 0.3 is 5.97 Å². The highest BCUT2D eigenvalue weighted by Crippen LogP contribution is 2.13. The lowest BCUT2D eigenvalue weighted by Crippen LogP contribution is -2.31. The maximum atomic E-state index is 11.8. The Hall–Kier alpha value is -1.81. The second kappa shape index (κ2) is 14.4. The van der Waals surface area contributed by atoms with Crippen molar-refractivity contribution < 1.29 is 14.3 Å². The molecule has 1 rings (SSSR count). The fraction of sp³-hybridized carbons (Fsp3) is 0.591. The molecule has 0 saturated heterocycles. The predicted molar refractivity (Wildman–Crippen MR) is 107 cm³/mol. The molecule has 0 aliphatic rings. The van der Waals surface area contributed by atoms with Crippen molar-refractivity contribution in [2.24, 2.45) is 0 Å². The van der Waals surface area contributed by atoms with Crippen LogP contribution < -0.4 is 5.32 Å². The Labute approximate surface area is 159 Å². The van der Waals surface area contributed by atoms with E-state index in [2.05, 4.69) is 37.9 Å². The molecule has 0 radical (unpaired) electrons. The number of carbonyl (C=O) groups excluding carboxylic acids is 1. The Kier molecular flexibility index (Phi) is 12.3. The molecule has 146 valence electrons. The van der Waals surface area contributed by atoms with Gasteiger partial charge in [-0.3, -0.25) is 4.79 Å². The van der Waals surface area contributed by atoms with Crippen molar-refractivity contribution in [2.75, 3.05) is 13.2 Å². The molecule has 0 spiro atoms. The molecule has 0 saturated carbocycles. The third-order valence-electron chi connectivity index (χ3n) is 4.20. The lowest BCUT2D eigenvalue weighted by Gasteiger charge is -2.21. The van der Waals surface area contributed by atoms with Crippen molar-refractivity contribution in [3.63, 3.8) is 0 Å². The summed E-state index contributed by atoms with van der Waals surface area (Å²) in [4.78, 5) is 11.8. The summed E-state index contributed by atoms with van der Waals surface area (Å²) < 4.78 is 11.0. The molecular weight excluding hydrogens is 326 g/mol. The van der Waals surface area contributed by atoms with E-state index < -0.39 is 0 Å². The summed E-state index contributed by atoms with van der Waals surface area (Å²) in [6.45, 7) is 10.3. The van der Waals surface area contributed by atoms with Crippen LogP contribution in [0.1, 0.15) is 64.4 Å². The predicted octanol–water partition coefficient (Wildman–Crippen LogP) is 4.99. The molecule has 0 fully saturated rings. The fourth-order valence-electron chi connectivity index (χ4n) is 2.52. The number of esters is 1. The zero-order valence-corrected chi connectivity index (χ0v) is 16.5. The summed E-state index contributed by atoms with van der Waals surface area (Å²) in [6, 6.07) is 10.3. The SMILES string of the molecule is C=C(OCCCC)C(CCCC(=O)OCCCC)NCc1ccccc1. The van der Waals surface area contributed by atoms with E-state index in [1.165, 1.54) is 5.56 Å². The minimum absolute atomic E-state index is 0.0375. The summed E-state index contributed by atoms with van der Waals surface area (Å²) in [5, 5.41) is 3.51. The maximum absolute atomic E-state index is 11.8. The number of benzene rings is 1. The molecule has 1 unspecified atom stereocenters. The zero-order valence-electron chi connectivity index (χ0n) is 16.5. The van der Waals surface area contributed by atoms with Crippen molar-refractivity contribution in [2.45, 2.75) is 71.4 Å². The van der Waals surface area contributed by atoms with Gasteiger partial charge < -0.3 is 14.8 Å². The number of ether oxygens (including phenoxy) is 2. The number of rotatable bonds is 15. The Morgan fingerprint density at radius 1 is 1.04 bits per heavy atom. The standard InChI is InChI=1S/C22H35NO3/c1-4-6-16-25-19(3)21(23-18-20-12-9-8-10-13-20)14-11-15-22(24)26-17-7-5-2/h8-10,12-13,21,23H,3-7,11,14-18H2,1-2H3.